The van der Waals surface area contributed by atoms with Gasteiger partial charge >= 0.3 is 0 Å². The molecule has 1 aromatic carbocycles. The standard InChI is InChI=1S/C16H24N2O2/c1-4-17-12-6-8-15(11(2)9-12)16(19)18-13-5-7-14(10-13)20-3/h6,8-9,13-14,17H,4-5,7,10H2,1-3H3,(H,18,19). The van der Waals surface area contributed by atoms with Crippen LogP contribution in [0.3, 0.4) is 0 Å². The molecule has 0 aromatic heterocycles. The largest absolute Gasteiger partial charge is 0.385 e. The van der Waals surface area contributed by atoms with Gasteiger partial charge in [0.05, 0.1) is 6.10 Å². The molecule has 2 unspecified atom stereocenters. The predicted molar refractivity (Wildman–Crippen MR) is 81.2 cm³/mol. The number of hydrogen-bond acceptors (Lipinski definition) is 3. The van der Waals surface area contributed by atoms with Crippen LogP contribution in [0.4, 0.5) is 5.69 Å². The predicted octanol–water partition coefficient (Wildman–Crippen LogP) is 2.72. The lowest BCUT2D eigenvalue weighted by atomic mass is 10.1. The highest BCUT2D eigenvalue weighted by Gasteiger charge is 2.26. The molecule has 0 bridgehead atoms. The fourth-order valence-electron chi connectivity index (χ4n) is 2.78. The van der Waals surface area contributed by atoms with Crippen molar-refractivity contribution in [3.8, 4) is 0 Å². The van der Waals surface area contributed by atoms with Gasteiger partial charge in [0.1, 0.15) is 0 Å². The van der Waals surface area contributed by atoms with Crippen LogP contribution in [0.2, 0.25) is 0 Å². The first-order valence-electron chi connectivity index (χ1n) is 7.32. The molecule has 110 valence electrons. The molecule has 1 amide bonds. The molecular formula is C16H24N2O2. The summed E-state index contributed by atoms with van der Waals surface area (Å²) in [6.45, 7) is 4.91. The highest BCUT2D eigenvalue weighted by molar-refractivity contribution is 5.96. The SMILES string of the molecule is CCNc1ccc(C(=O)NC2CCC(OC)C2)c(C)c1. The van der Waals surface area contributed by atoms with Crippen LogP contribution in [0.25, 0.3) is 0 Å². The highest BCUT2D eigenvalue weighted by atomic mass is 16.5. The van der Waals surface area contributed by atoms with Gasteiger partial charge in [-0.2, -0.15) is 0 Å². The normalized spacial score (nSPS) is 21.8. The van der Waals surface area contributed by atoms with Crippen molar-refractivity contribution in [2.24, 2.45) is 0 Å². The zero-order valence-corrected chi connectivity index (χ0v) is 12.5. The number of carbonyl (C=O) groups excluding carboxylic acids is 1. The summed E-state index contributed by atoms with van der Waals surface area (Å²) in [5.41, 5.74) is 2.82. The fraction of sp³-hybridized carbons (Fsp3) is 0.562. The zero-order valence-electron chi connectivity index (χ0n) is 12.5. The number of carbonyl (C=O) groups is 1. The van der Waals surface area contributed by atoms with Crippen LogP contribution in [0.5, 0.6) is 0 Å². The van der Waals surface area contributed by atoms with E-state index >= 15 is 0 Å². The molecule has 0 heterocycles. The summed E-state index contributed by atoms with van der Waals surface area (Å²) in [5, 5.41) is 6.37. The fourth-order valence-corrected chi connectivity index (χ4v) is 2.78. The van der Waals surface area contributed by atoms with Gasteiger partial charge in [-0.3, -0.25) is 4.79 Å². The number of nitrogens with one attached hydrogen (secondary N) is 2. The molecular weight excluding hydrogens is 252 g/mol. The number of amides is 1. The van der Waals surface area contributed by atoms with Gasteiger partial charge in [-0.25, -0.2) is 0 Å². The molecule has 1 aliphatic rings. The van der Waals surface area contributed by atoms with Crippen molar-refractivity contribution < 1.29 is 9.53 Å². The lowest BCUT2D eigenvalue weighted by Crippen LogP contribution is -2.33. The zero-order chi connectivity index (χ0) is 14.5. The van der Waals surface area contributed by atoms with Gasteiger partial charge in [0.2, 0.25) is 0 Å². The number of anilines is 1. The van der Waals surface area contributed by atoms with E-state index in [9.17, 15) is 4.79 Å². The van der Waals surface area contributed by atoms with E-state index in [0.29, 0.717) is 0 Å². The van der Waals surface area contributed by atoms with E-state index in [-0.39, 0.29) is 18.1 Å². The first-order valence-corrected chi connectivity index (χ1v) is 7.32. The summed E-state index contributed by atoms with van der Waals surface area (Å²) >= 11 is 0. The van der Waals surface area contributed by atoms with Gasteiger partial charge in [-0.1, -0.05) is 0 Å². The van der Waals surface area contributed by atoms with Crippen LogP contribution < -0.4 is 10.6 Å². The lowest BCUT2D eigenvalue weighted by molar-refractivity contribution is 0.0914. The lowest BCUT2D eigenvalue weighted by Gasteiger charge is -2.15. The van der Waals surface area contributed by atoms with Gasteiger partial charge < -0.3 is 15.4 Å². The molecule has 0 radical (unpaired) electrons. The Bertz CT molecular complexity index is 474. The van der Waals surface area contributed by atoms with Crippen LogP contribution in [0.1, 0.15) is 42.1 Å². The average molecular weight is 276 g/mol. The summed E-state index contributed by atoms with van der Waals surface area (Å²) < 4.78 is 5.34. The van der Waals surface area contributed by atoms with E-state index < -0.39 is 0 Å². The van der Waals surface area contributed by atoms with Crippen LogP contribution in [-0.2, 0) is 4.74 Å². The maximum atomic E-state index is 12.3. The molecule has 4 nitrogen and oxygen atoms in total. The van der Waals surface area contributed by atoms with Crippen LogP contribution in [0, 0.1) is 6.92 Å². The molecule has 2 rings (SSSR count). The number of methoxy groups -OCH3 is 1. The second-order valence-corrected chi connectivity index (χ2v) is 5.40. The summed E-state index contributed by atoms with van der Waals surface area (Å²) in [5.74, 6) is 0.0206. The van der Waals surface area contributed by atoms with E-state index in [4.69, 9.17) is 4.74 Å². The Morgan fingerprint density at radius 1 is 1.40 bits per heavy atom. The molecule has 2 N–H and O–H groups in total. The van der Waals surface area contributed by atoms with Crippen molar-refractivity contribution in [2.75, 3.05) is 19.0 Å². The van der Waals surface area contributed by atoms with Crippen LogP contribution in [-0.4, -0.2) is 31.7 Å². The van der Waals surface area contributed by atoms with Gasteiger partial charge in [0.25, 0.3) is 5.91 Å². The number of benzene rings is 1. The molecule has 1 fully saturated rings. The second-order valence-electron chi connectivity index (χ2n) is 5.40. The van der Waals surface area contributed by atoms with Crippen molar-refractivity contribution >= 4 is 11.6 Å². The number of ether oxygens (including phenoxy) is 1. The Morgan fingerprint density at radius 2 is 2.20 bits per heavy atom. The number of rotatable bonds is 5. The molecule has 0 saturated heterocycles. The van der Waals surface area contributed by atoms with Crippen molar-refractivity contribution in [1.82, 2.24) is 5.32 Å². The minimum atomic E-state index is 0.0206. The Labute approximate surface area is 120 Å². The first-order chi connectivity index (χ1) is 9.63. The van der Waals surface area contributed by atoms with Gasteiger partial charge in [-0.05, 0) is 56.9 Å². The van der Waals surface area contributed by atoms with E-state index in [1.54, 1.807) is 7.11 Å². The van der Waals surface area contributed by atoms with E-state index in [1.807, 2.05) is 25.1 Å². The molecule has 4 heteroatoms. The van der Waals surface area contributed by atoms with Crippen molar-refractivity contribution in [1.29, 1.82) is 0 Å². The van der Waals surface area contributed by atoms with Crippen molar-refractivity contribution in [3.05, 3.63) is 29.3 Å². The number of hydrogen-bond donors (Lipinski definition) is 2. The molecule has 1 saturated carbocycles. The third-order valence-electron chi connectivity index (χ3n) is 3.90. The molecule has 0 aliphatic heterocycles. The third kappa shape index (κ3) is 3.51. The van der Waals surface area contributed by atoms with Crippen LogP contribution >= 0.6 is 0 Å². The minimum absolute atomic E-state index is 0.0206. The molecule has 20 heavy (non-hydrogen) atoms. The molecule has 2 atom stereocenters. The monoisotopic (exact) mass is 276 g/mol. The van der Waals surface area contributed by atoms with Gasteiger partial charge in [0.15, 0.2) is 0 Å². The number of aryl methyl sites for hydroxylation is 1. The van der Waals surface area contributed by atoms with Gasteiger partial charge in [0, 0.05) is 30.9 Å². The summed E-state index contributed by atoms with van der Waals surface area (Å²) in [6.07, 6.45) is 3.23. The Balaban J connectivity index is 1.99. The molecule has 1 aliphatic carbocycles. The maximum Gasteiger partial charge on any atom is 0.251 e. The maximum absolute atomic E-state index is 12.3. The summed E-state index contributed by atoms with van der Waals surface area (Å²) in [6, 6.07) is 6.11. The first kappa shape index (κ1) is 14.9. The summed E-state index contributed by atoms with van der Waals surface area (Å²) in [7, 11) is 1.73. The Morgan fingerprint density at radius 3 is 2.80 bits per heavy atom. The smallest absolute Gasteiger partial charge is 0.251 e. The Hall–Kier alpha value is -1.55. The van der Waals surface area contributed by atoms with Crippen molar-refractivity contribution in [2.45, 2.75) is 45.3 Å². The molecule has 1 aromatic rings. The third-order valence-corrected chi connectivity index (χ3v) is 3.90. The van der Waals surface area contributed by atoms with Crippen molar-refractivity contribution in [3.63, 3.8) is 0 Å². The minimum Gasteiger partial charge on any atom is -0.385 e. The quantitative estimate of drug-likeness (QED) is 0.869. The highest BCUT2D eigenvalue weighted by Crippen LogP contribution is 2.22. The van der Waals surface area contributed by atoms with E-state index in [2.05, 4.69) is 17.6 Å². The molecule has 0 spiro atoms. The van der Waals surface area contributed by atoms with E-state index in [0.717, 1.165) is 42.6 Å². The van der Waals surface area contributed by atoms with Crippen LogP contribution in [0.15, 0.2) is 18.2 Å². The topological polar surface area (TPSA) is 50.4 Å². The second kappa shape index (κ2) is 6.75. The van der Waals surface area contributed by atoms with E-state index in [1.165, 1.54) is 0 Å². The Kier molecular flexibility index (Phi) is 5.01. The summed E-state index contributed by atoms with van der Waals surface area (Å²) in [4.78, 5) is 12.3. The van der Waals surface area contributed by atoms with Gasteiger partial charge in [-0.15, -0.1) is 0 Å². The average Bonchev–Trinajstić information content (AvgIpc) is 2.86.